The Balaban J connectivity index is 0.000000491. The van der Waals surface area contributed by atoms with Crippen LogP contribution in [0, 0.1) is 5.92 Å². The number of rotatable bonds is 3. The van der Waals surface area contributed by atoms with Crippen LogP contribution in [0.5, 0.6) is 5.75 Å². The predicted molar refractivity (Wildman–Crippen MR) is 93.3 cm³/mol. The molecule has 0 spiro atoms. The maximum atomic E-state index is 9.21. The summed E-state index contributed by atoms with van der Waals surface area (Å²) in [6, 6.07) is 15.9. The zero-order valence-electron chi connectivity index (χ0n) is 13.6. The first-order chi connectivity index (χ1) is 9.88. The van der Waals surface area contributed by atoms with E-state index in [0.717, 1.165) is 10.8 Å². The summed E-state index contributed by atoms with van der Waals surface area (Å²) in [5.74, 6) is 1.72. The van der Waals surface area contributed by atoms with Crippen molar-refractivity contribution < 1.29 is 5.11 Å². The summed E-state index contributed by atoms with van der Waals surface area (Å²) in [6.07, 6.45) is 0. The number of phenols is 1. The van der Waals surface area contributed by atoms with E-state index in [1.807, 2.05) is 12.1 Å². The predicted octanol–water partition coefficient (Wildman–Crippen LogP) is 6.33. The molecule has 0 aromatic heterocycles. The van der Waals surface area contributed by atoms with Gasteiger partial charge in [-0.25, -0.2) is 0 Å². The normalized spacial score (nSPS) is 10.4. The minimum atomic E-state index is 0.310. The average molecular weight is 302 g/mol. The average Bonchev–Trinajstić information content (AvgIpc) is 2.41. The molecule has 0 atom stereocenters. The van der Waals surface area contributed by atoms with E-state index >= 15 is 0 Å². The minimum absolute atomic E-state index is 0.310. The van der Waals surface area contributed by atoms with E-state index in [2.05, 4.69) is 58.9 Å². The highest BCUT2D eigenvalue weighted by molar-refractivity contribution is 7.99. The third kappa shape index (κ3) is 7.24. The second-order valence-electron chi connectivity index (χ2n) is 6.05. The second kappa shape index (κ2) is 8.78. The summed E-state index contributed by atoms with van der Waals surface area (Å²) >= 11 is 1.71. The zero-order valence-corrected chi connectivity index (χ0v) is 14.4. The minimum Gasteiger partial charge on any atom is -0.508 e. The number of hydrogen-bond donors (Lipinski definition) is 1. The van der Waals surface area contributed by atoms with Gasteiger partial charge in [-0.15, -0.1) is 0 Å². The maximum absolute atomic E-state index is 9.21. The quantitative estimate of drug-likeness (QED) is 0.715. The maximum Gasteiger partial charge on any atom is 0.115 e. The van der Waals surface area contributed by atoms with Crippen molar-refractivity contribution in [1.82, 2.24) is 0 Å². The highest BCUT2D eigenvalue weighted by Gasteiger charge is 2.00. The Bertz CT molecular complexity index is 510. The lowest BCUT2D eigenvalue weighted by Gasteiger charge is -2.06. The first-order valence-corrected chi connectivity index (χ1v) is 8.27. The van der Waals surface area contributed by atoms with Gasteiger partial charge in [0.05, 0.1) is 0 Å². The Morgan fingerprint density at radius 2 is 1.10 bits per heavy atom. The Hall–Kier alpha value is -1.41. The molecular formula is C19H26OS. The number of aromatic hydroxyl groups is 1. The molecule has 0 aliphatic rings. The lowest BCUT2D eigenvalue weighted by molar-refractivity contribution is 0.475. The molecule has 0 aliphatic carbocycles. The van der Waals surface area contributed by atoms with Gasteiger partial charge < -0.3 is 5.11 Å². The smallest absolute Gasteiger partial charge is 0.115 e. The Morgan fingerprint density at radius 3 is 1.48 bits per heavy atom. The van der Waals surface area contributed by atoms with Crippen LogP contribution in [-0.4, -0.2) is 5.11 Å². The van der Waals surface area contributed by atoms with E-state index in [1.165, 1.54) is 10.5 Å². The van der Waals surface area contributed by atoms with Crippen LogP contribution < -0.4 is 0 Å². The van der Waals surface area contributed by atoms with Crippen molar-refractivity contribution >= 4 is 11.8 Å². The molecular weight excluding hydrogens is 276 g/mol. The standard InChI is InChI=1S/C15H16OS.C4H10/c1-11(2)12-3-7-14(8-4-12)17-15-9-5-13(16)6-10-15;1-4(2)3/h3-11,16H,1-2H3;4H,1-3H3. The van der Waals surface area contributed by atoms with Crippen LogP contribution in [0.15, 0.2) is 58.3 Å². The van der Waals surface area contributed by atoms with Crippen LogP contribution in [-0.2, 0) is 0 Å². The van der Waals surface area contributed by atoms with Crippen LogP contribution in [0.1, 0.15) is 46.1 Å². The van der Waals surface area contributed by atoms with Gasteiger partial charge in [-0.2, -0.15) is 0 Å². The summed E-state index contributed by atoms with van der Waals surface area (Å²) in [4.78, 5) is 2.36. The highest BCUT2D eigenvalue weighted by Crippen LogP contribution is 2.29. The molecule has 0 unspecified atom stereocenters. The third-order valence-electron chi connectivity index (χ3n) is 2.62. The Kier molecular flexibility index (Phi) is 7.38. The molecule has 0 bridgehead atoms. The first-order valence-electron chi connectivity index (χ1n) is 7.45. The van der Waals surface area contributed by atoms with E-state index in [1.54, 1.807) is 23.9 Å². The van der Waals surface area contributed by atoms with Gasteiger partial charge in [-0.3, -0.25) is 0 Å². The van der Waals surface area contributed by atoms with Crippen LogP contribution in [0.4, 0.5) is 0 Å². The molecule has 1 N–H and O–H groups in total. The van der Waals surface area contributed by atoms with Crippen LogP contribution in [0.2, 0.25) is 0 Å². The number of hydrogen-bond acceptors (Lipinski definition) is 2. The van der Waals surface area contributed by atoms with Crippen LogP contribution in [0.25, 0.3) is 0 Å². The summed E-state index contributed by atoms with van der Waals surface area (Å²) < 4.78 is 0. The summed E-state index contributed by atoms with van der Waals surface area (Å²) in [5.41, 5.74) is 1.36. The fourth-order valence-electron chi connectivity index (χ4n) is 1.57. The largest absolute Gasteiger partial charge is 0.508 e. The van der Waals surface area contributed by atoms with E-state index < -0.39 is 0 Å². The lowest BCUT2D eigenvalue weighted by atomic mass is 10.0. The summed E-state index contributed by atoms with van der Waals surface area (Å²) in [6.45, 7) is 10.9. The van der Waals surface area contributed by atoms with Crippen LogP contribution >= 0.6 is 11.8 Å². The van der Waals surface area contributed by atoms with E-state index in [0.29, 0.717) is 11.7 Å². The van der Waals surface area contributed by atoms with Gasteiger partial charge in [-0.1, -0.05) is 58.5 Å². The van der Waals surface area contributed by atoms with Gasteiger partial charge >= 0.3 is 0 Å². The van der Waals surface area contributed by atoms with Crippen molar-refractivity contribution in [1.29, 1.82) is 0 Å². The van der Waals surface area contributed by atoms with Gasteiger partial charge in [0, 0.05) is 9.79 Å². The Labute approximate surface area is 133 Å². The van der Waals surface area contributed by atoms with Crippen LogP contribution in [0.3, 0.4) is 0 Å². The van der Waals surface area contributed by atoms with E-state index in [9.17, 15) is 5.11 Å². The topological polar surface area (TPSA) is 20.2 Å². The van der Waals surface area contributed by atoms with E-state index in [-0.39, 0.29) is 0 Å². The van der Waals surface area contributed by atoms with Crippen molar-refractivity contribution in [2.75, 3.05) is 0 Å². The Morgan fingerprint density at radius 1 is 0.714 bits per heavy atom. The van der Waals surface area contributed by atoms with Crippen molar-refractivity contribution in [3.8, 4) is 5.75 Å². The summed E-state index contributed by atoms with van der Waals surface area (Å²) in [7, 11) is 0. The molecule has 0 radical (unpaired) electrons. The summed E-state index contributed by atoms with van der Waals surface area (Å²) in [5, 5.41) is 9.21. The fraction of sp³-hybridized carbons (Fsp3) is 0.368. The molecule has 114 valence electrons. The lowest BCUT2D eigenvalue weighted by Crippen LogP contribution is -1.85. The molecule has 21 heavy (non-hydrogen) atoms. The van der Waals surface area contributed by atoms with Gasteiger partial charge in [-0.05, 0) is 53.8 Å². The molecule has 0 saturated heterocycles. The van der Waals surface area contributed by atoms with Crippen molar-refractivity contribution in [2.24, 2.45) is 5.92 Å². The molecule has 0 fully saturated rings. The molecule has 2 rings (SSSR count). The zero-order chi connectivity index (χ0) is 15.8. The monoisotopic (exact) mass is 302 g/mol. The van der Waals surface area contributed by atoms with E-state index in [4.69, 9.17) is 0 Å². The number of benzene rings is 2. The third-order valence-corrected chi connectivity index (χ3v) is 3.63. The van der Waals surface area contributed by atoms with Crippen molar-refractivity contribution in [3.05, 3.63) is 54.1 Å². The number of phenolic OH excluding ortho intramolecular Hbond substituents is 1. The van der Waals surface area contributed by atoms with Gasteiger partial charge in [0.2, 0.25) is 0 Å². The van der Waals surface area contributed by atoms with Gasteiger partial charge in [0.15, 0.2) is 0 Å². The molecule has 0 aliphatic heterocycles. The molecule has 2 aromatic carbocycles. The van der Waals surface area contributed by atoms with Crippen molar-refractivity contribution in [2.45, 2.75) is 50.3 Å². The van der Waals surface area contributed by atoms with Gasteiger partial charge in [0.1, 0.15) is 5.75 Å². The molecule has 2 aromatic rings. The first kappa shape index (κ1) is 17.6. The molecule has 0 heterocycles. The highest BCUT2D eigenvalue weighted by atomic mass is 32.2. The SMILES string of the molecule is CC(C)C.CC(C)c1ccc(Sc2ccc(O)cc2)cc1. The van der Waals surface area contributed by atoms with Crippen molar-refractivity contribution in [3.63, 3.8) is 0 Å². The molecule has 0 amide bonds. The fourth-order valence-corrected chi connectivity index (χ4v) is 2.39. The van der Waals surface area contributed by atoms with Gasteiger partial charge in [0.25, 0.3) is 0 Å². The molecule has 1 nitrogen and oxygen atoms in total. The molecule has 2 heteroatoms. The molecule has 0 saturated carbocycles. The second-order valence-corrected chi connectivity index (χ2v) is 7.20.